The predicted octanol–water partition coefficient (Wildman–Crippen LogP) is 12.9. The Hall–Kier alpha value is -5.29. The van der Waals surface area contributed by atoms with Crippen LogP contribution in [0.2, 0.25) is 19.6 Å². The number of aromatic nitrogens is 2. The molecule has 0 aliphatic carbocycles. The van der Waals surface area contributed by atoms with Crippen LogP contribution in [0.25, 0.3) is 64.9 Å². The van der Waals surface area contributed by atoms with Crippen LogP contribution in [-0.2, 0) is 26.5 Å². The number of hydrogen-bond acceptors (Lipinski definition) is 3. The van der Waals surface area contributed by atoms with Crippen molar-refractivity contribution in [2.24, 2.45) is 0 Å². The Morgan fingerprint density at radius 3 is 1.93 bits per heavy atom. The average molecular weight is 923 g/mol. The molecule has 9 aromatic rings. The Bertz CT molecular complexity index is 2750. The van der Waals surface area contributed by atoms with Crippen molar-refractivity contribution in [3.63, 3.8) is 0 Å². The van der Waals surface area contributed by atoms with E-state index < -0.39 is 14.4 Å². The molecule has 1 radical (unpaired) electrons. The fourth-order valence-corrected chi connectivity index (χ4v) is 8.78. The summed E-state index contributed by atoms with van der Waals surface area (Å²) in [5, 5.41) is 3.77. The molecule has 0 saturated heterocycles. The van der Waals surface area contributed by atoms with Crippen molar-refractivity contribution in [3.8, 4) is 44.8 Å². The summed E-state index contributed by atoms with van der Waals surface area (Å²) >= 11 is 1.74. The summed E-state index contributed by atoms with van der Waals surface area (Å²) in [6.07, 6.45) is 2.11. The van der Waals surface area contributed by atoms with Gasteiger partial charge in [0.1, 0.15) is 0 Å². The van der Waals surface area contributed by atoms with E-state index in [0.29, 0.717) is 11.1 Å². The van der Waals surface area contributed by atoms with Crippen LogP contribution in [0.5, 0.6) is 0 Å². The van der Waals surface area contributed by atoms with Gasteiger partial charge in [-0.25, -0.2) is 0 Å². The van der Waals surface area contributed by atoms with Crippen molar-refractivity contribution in [2.75, 3.05) is 0 Å². The molecule has 9 rings (SSSR count). The van der Waals surface area contributed by atoms with Gasteiger partial charge in [0.2, 0.25) is 0 Å². The number of pyridine rings is 2. The van der Waals surface area contributed by atoms with E-state index >= 15 is 0 Å². The third-order valence-electron chi connectivity index (χ3n) is 9.43. The first-order valence-corrected chi connectivity index (χ1v) is 22.5. The van der Waals surface area contributed by atoms with Crippen molar-refractivity contribution in [1.82, 2.24) is 9.97 Å². The van der Waals surface area contributed by atoms with E-state index in [9.17, 15) is 0 Å². The van der Waals surface area contributed by atoms with Crippen LogP contribution in [0.4, 0.5) is 0 Å². The van der Waals surface area contributed by atoms with E-state index in [1.54, 1.807) is 23.6 Å². The number of fused-ring (bicyclic) bond motifs is 3. The smallest absolute Gasteiger partial charge is 0.0795 e. The summed E-state index contributed by atoms with van der Waals surface area (Å²) in [7, 11) is -1.29. The first-order chi connectivity index (χ1) is 27.1. The molecule has 0 aliphatic heterocycles. The molecule has 0 N–H and O–H groups in total. The zero-order valence-electron chi connectivity index (χ0n) is 32.9. The minimum Gasteiger partial charge on any atom is -0.305 e. The molecule has 2 nitrogen and oxygen atoms in total. The van der Waals surface area contributed by atoms with Gasteiger partial charge in [0.15, 0.2) is 0 Å². The van der Waals surface area contributed by atoms with Crippen LogP contribution < -0.4 is 5.19 Å². The van der Waals surface area contributed by atoms with E-state index in [1.165, 1.54) is 42.9 Å². The number of rotatable bonds is 7. The topological polar surface area (TPSA) is 25.8 Å². The molecule has 55 heavy (non-hydrogen) atoms. The molecule has 0 atom stereocenters. The van der Waals surface area contributed by atoms with E-state index in [-0.39, 0.29) is 20.1 Å². The third kappa shape index (κ3) is 8.83. The number of nitrogens with zero attached hydrogens (tertiary/aromatic N) is 2. The summed E-state index contributed by atoms with van der Waals surface area (Å²) in [6, 6.07) is 61.6. The fourth-order valence-electron chi connectivity index (χ4n) is 6.50. The van der Waals surface area contributed by atoms with Gasteiger partial charge in [-0.15, -0.1) is 59.2 Å². The second-order valence-electron chi connectivity index (χ2n) is 14.2. The Morgan fingerprint density at radius 1 is 0.582 bits per heavy atom. The van der Waals surface area contributed by atoms with Crippen molar-refractivity contribution in [1.29, 1.82) is 0 Å². The summed E-state index contributed by atoms with van der Waals surface area (Å²) in [5.41, 5.74) is 9.70. The van der Waals surface area contributed by atoms with Crippen LogP contribution in [-0.4, -0.2) is 18.0 Å². The molecule has 0 aliphatic rings. The number of thiophene rings is 1. The van der Waals surface area contributed by atoms with Gasteiger partial charge in [0.25, 0.3) is 0 Å². The summed E-state index contributed by atoms with van der Waals surface area (Å²) < 4.78 is 19.8. The third-order valence-corrected chi connectivity index (χ3v) is 12.6. The molecule has 6 aromatic carbocycles. The zero-order chi connectivity index (χ0) is 38.7. The van der Waals surface area contributed by atoms with E-state index in [1.807, 2.05) is 66.9 Å². The summed E-state index contributed by atoms with van der Waals surface area (Å²) in [6.45, 7) is 7.02. The van der Waals surface area contributed by atoms with E-state index in [0.717, 1.165) is 27.2 Å². The summed E-state index contributed by atoms with van der Waals surface area (Å²) in [5.74, 6) is 0. The minimum absolute atomic E-state index is 0. The molecular weight excluding hydrogens is 881 g/mol. The van der Waals surface area contributed by atoms with Crippen LogP contribution in [0.3, 0.4) is 0 Å². The molecule has 0 bridgehead atoms. The molecule has 271 valence electrons. The monoisotopic (exact) mass is 923 g/mol. The van der Waals surface area contributed by atoms with Crippen molar-refractivity contribution >= 4 is 44.8 Å². The normalized spacial score (nSPS) is 11.9. The molecule has 5 heteroatoms. The van der Waals surface area contributed by atoms with Gasteiger partial charge in [-0.05, 0) is 73.0 Å². The van der Waals surface area contributed by atoms with E-state index in [2.05, 4.69) is 139 Å². The molecule has 0 saturated carbocycles. The molecule has 0 fully saturated rings. The van der Waals surface area contributed by atoms with Crippen LogP contribution in [0.15, 0.2) is 176 Å². The van der Waals surface area contributed by atoms with Gasteiger partial charge in [-0.2, -0.15) is 11.3 Å². The maximum Gasteiger partial charge on any atom is 0.0795 e. The van der Waals surface area contributed by atoms with E-state index in [4.69, 9.17) is 2.74 Å². The number of benzene rings is 6. The Kier molecular flexibility index (Phi) is 11.0. The molecule has 3 aromatic heterocycles. The standard InChI is InChI=1S/C30H20NS.C20H20NSi.Ir/c1-3-8-21(9-4-1)18-22-16-17-31-28(19-22)27-13-7-12-26-25-15-14-24(20-29(25)32-30(26)27)23-10-5-2-6-11-23;1-22(2,3)19-12-13-20(21-15-19)18-11-7-10-17(14-18)16-8-5-4-6-9-16;/h1-12,14-17,19-20H,18H2;4-10,12-15H,1-3H3;/q2*-1;/i18D2;;. The molecule has 0 spiro atoms. The largest absolute Gasteiger partial charge is 0.305 e. The second kappa shape index (κ2) is 17.0. The first kappa shape index (κ1) is 35.4. The SMILES string of the molecule is C[Si](C)(C)c1ccc(-c2[c-]ccc(-c3ccccc3)c2)nc1.[2H]C([2H])(c1ccccc1)c1ccnc(-c2[c-]ccc3c2sc2cc(-c4ccccc4)ccc23)c1.[Ir]. The van der Waals surface area contributed by atoms with Crippen molar-refractivity contribution < 1.29 is 22.8 Å². The van der Waals surface area contributed by atoms with Crippen LogP contribution in [0.1, 0.15) is 13.9 Å². The molecule has 0 unspecified atom stereocenters. The van der Waals surface area contributed by atoms with Gasteiger partial charge in [0, 0.05) is 39.9 Å². The van der Waals surface area contributed by atoms with Gasteiger partial charge in [0.05, 0.1) is 8.07 Å². The maximum atomic E-state index is 8.75. The molecule has 0 amide bonds. The van der Waals surface area contributed by atoms with Gasteiger partial charge < -0.3 is 9.97 Å². The predicted molar refractivity (Wildman–Crippen MR) is 233 cm³/mol. The minimum atomic E-state index is -1.61. The van der Waals surface area contributed by atoms with Crippen LogP contribution in [0, 0.1) is 12.1 Å². The van der Waals surface area contributed by atoms with Gasteiger partial charge in [-0.1, -0.05) is 146 Å². The van der Waals surface area contributed by atoms with Crippen molar-refractivity contribution in [3.05, 3.63) is 199 Å². The van der Waals surface area contributed by atoms with Crippen molar-refractivity contribution in [2.45, 2.75) is 26.0 Å². The quantitative estimate of drug-likeness (QED) is 0.118. The Balaban J connectivity index is 0.000000188. The average Bonchev–Trinajstić information content (AvgIpc) is 3.63. The molecular formula is C50H40IrN2SSi-2. The summed E-state index contributed by atoms with van der Waals surface area (Å²) in [4.78, 5) is 9.26. The fraction of sp³-hybridized carbons (Fsp3) is 0.0800. The maximum absolute atomic E-state index is 8.75. The second-order valence-corrected chi connectivity index (χ2v) is 20.4. The zero-order valence-corrected chi connectivity index (χ0v) is 35.1. The van der Waals surface area contributed by atoms with Crippen LogP contribution >= 0.6 is 11.3 Å². The molecule has 3 heterocycles. The Morgan fingerprint density at radius 2 is 1.25 bits per heavy atom. The Labute approximate surface area is 345 Å². The van der Waals surface area contributed by atoms with Gasteiger partial charge in [-0.3, -0.25) is 0 Å². The van der Waals surface area contributed by atoms with Gasteiger partial charge >= 0.3 is 0 Å². The first-order valence-electron chi connectivity index (χ1n) is 19.1. The number of hydrogen-bond donors (Lipinski definition) is 0.